The molecule has 9 nitrogen and oxygen atoms in total. The number of sulfone groups is 1. The number of hydrogen-bond acceptors (Lipinski definition) is 6. The molecule has 166 valence electrons. The first-order chi connectivity index (χ1) is 14.5. The van der Waals surface area contributed by atoms with Gasteiger partial charge in [0.25, 0.3) is 5.91 Å². The highest BCUT2D eigenvalue weighted by atomic mass is 32.2. The van der Waals surface area contributed by atoms with E-state index in [0.717, 1.165) is 0 Å². The number of aryl methyl sites for hydroxylation is 2. The fourth-order valence-corrected chi connectivity index (χ4v) is 4.57. The van der Waals surface area contributed by atoms with Gasteiger partial charge in [-0.2, -0.15) is 0 Å². The number of ether oxygens (including phenoxy) is 2. The van der Waals surface area contributed by atoms with Crippen molar-refractivity contribution in [2.45, 2.75) is 24.0 Å². The molecule has 31 heavy (non-hydrogen) atoms. The average molecular weight is 448 g/mol. The standard InChI is InChI=1S/C21H25N3O6S/c1-12(2)31(27,28)18-11-15-14(23(3)21(26)24(15)4)10-13(18)22-20(25)19-16(29-5)8-7-9-17(19)30-6/h7-12H,1-6H3,(H,22,25). The maximum Gasteiger partial charge on any atom is 0.328 e. The Balaban J connectivity index is 2.26. The van der Waals surface area contributed by atoms with Crippen LogP contribution < -0.4 is 20.5 Å². The van der Waals surface area contributed by atoms with Crippen LogP contribution >= 0.6 is 0 Å². The molecule has 1 N–H and O–H groups in total. The number of nitrogens with zero attached hydrogens (tertiary/aromatic N) is 2. The van der Waals surface area contributed by atoms with Crippen LogP contribution in [-0.4, -0.2) is 42.9 Å². The van der Waals surface area contributed by atoms with Crippen LogP contribution in [0.2, 0.25) is 0 Å². The molecule has 0 bridgehead atoms. The molecule has 0 aliphatic heterocycles. The summed E-state index contributed by atoms with van der Waals surface area (Å²) in [6.45, 7) is 3.11. The van der Waals surface area contributed by atoms with Gasteiger partial charge in [0.1, 0.15) is 17.1 Å². The van der Waals surface area contributed by atoms with Crippen molar-refractivity contribution < 1.29 is 22.7 Å². The molecule has 1 aromatic heterocycles. The first kappa shape index (κ1) is 22.4. The van der Waals surface area contributed by atoms with Gasteiger partial charge in [0.15, 0.2) is 9.84 Å². The van der Waals surface area contributed by atoms with Crippen LogP contribution in [0.3, 0.4) is 0 Å². The van der Waals surface area contributed by atoms with E-state index in [9.17, 15) is 18.0 Å². The molecule has 0 spiro atoms. The van der Waals surface area contributed by atoms with Crippen molar-refractivity contribution in [1.29, 1.82) is 0 Å². The minimum atomic E-state index is -3.78. The molecule has 1 heterocycles. The van der Waals surface area contributed by atoms with E-state index in [4.69, 9.17) is 9.47 Å². The smallest absolute Gasteiger partial charge is 0.328 e. The zero-order chi connectivity index (χ0) is 23.1. The van der Waals surface area contributed by atoms with E-state index < -0.39 is 21.0 Å². The first-order valence-corrected chi connectivity index (χ1v) is 11.0. The Bertz CT molecular complexity index is 1310. The number of anilines is 1. The highest BCUT2D eigenvalue weighted by molar-refractivity contribution is 7.92. The fraction of sp³-hybridized carbons (Fsp3) is 0.333. The molecule has 0 aliphatic carbocycles. The Morgan fingerprint density at radius 3 is 2.00 bits per heavy atom. The molecule has 2 aromatic carbocycles. The van der Waals surface area contributed by atoms with Gasteiger partial charge in [-0.1, -0.05) is 6.07 Å². The Kier molecular flexibility index (Phi) is 5.86. The van der Waals surface area contributed by atoms with E-state index in [-0.39, 0.29) is 33.3 Å². The van der Waals surface area contributed by atoms with Crippen molar-refractivity contribution in [3.8, 4) is 11.5 Å². The van der Waals surface area contributed by atoms with Gasteiger partial charge < -0.3 is 14.8 Å². The van der Waals surface area contributed by atoms with Gasteiger partial charge in [0.2, 0.25) is 0 Å². The number of nitrogens with one attached hydrogen (secondary N) is 1. The summed E-state index contributed by atoms with van der Waals surface area (Å²) in [7, 11) is 2.21. The van der Waals surface area contributed by atoms with E-state index in [1.165, 1.54) is 35.5 Å². The summed E-state index contributed by atoms with van der Waals surface area (Å²) < 4.78 is 39.5. The van der Waals surface area contributed by atoms with Gasteiger partial charge in [-0.15, -0.1) is 0 Å². The fourth-order valence-electron chi connectivity index (χ4n) is 3.37. The highest BCUT2D eigenvalue weighted by Gasteiger charge is 2.27. The van der Waals surface area contributed by atoms with Crippen LogP contribution in [0.4, 0.5) is 5.69 Å². The van der Waals surface area contributed by atoms with Crippen LogP contribution in [0.15, 0.2) is 40.0 Å². The van der Waals surface area contributed by atoms with Crippen molar-refractivity contribution >= 4 is 32.5 Å². The topological polar surface area (TPSA) is 109 Å². The third-order valence-corrected chi connectivity index (χ3v) is 7.40. The molecule has 3 rings (SSSR count). The van der Waals surface area contributed by atoms with Crippen molar-refractivity contribution in [1.82, 2.24) is 9.13 Å². The number of aromatic nitrogens is 2. The average Bonchev–Trinajstić information content (AvgIpc) is 2.95. The second kappa shape index (κ2) is 8.10. The zero-order valence-corrected chi connectivity index (χ0v) is 19.0. The summed E-state index contributed by atoms with van der Waals surface area (Å²) in [5.74, 6) is -0.0496. The van der Waals surface area contributed by atoms with Crippen LogP contribution in [0.5, 0.6) is 11.5 Å². The molecule has 10 heteroatoms. The molecular formula is C21H25N3O6S. The summed E-state index contributed by atoms with van der Waals surface area (Å²) >= 11 is 0. The number of fused-ring (bicyclic) bond motifs is 1. The number of benzene rings is 2. The van der Waals surface area contributed by atoms with E-state index in [0.29, 0.717) is 11.0 Å². The number of hydrogen-bond donors (Lipinski definition) is 1. The van der Waals surface area contributed by atoms with E-state index in [1.54, 1.807) is 46.1 Å². The quantitative estimate of drug-likeness (QED) is 0.621. The summed E-state index contributed by atoms with van der Waals surface area (Å²) in [4.78, 5) is 25.5. The van der Waals surface area contributed by atoms with Crippen molar-refractivity contribution in [3.63, 3.8) is 0 Å². The van der Waals surface area contributed by atoms with E-state index >= 15 is 0 Å². The van der Waals surface area contributed by atoms with Crippen LogP contribution in [0.1, 0.15) is 24.2 Å². The Labute approximate surface area is 180 Å². The van der Waals surface area contributed by atoms with Gasteiger partial charge >= 0.3 is 5.69 Å². The number of rotatable bonds is 6. The Hall–Kier alpha value is -3.27. The van der Waals surface area contributed by atoms with E-state index in [1.807, 2.05) is 0 Å². The summed E-state index contributed by atoms with van der Waals surface area (Å²) in [6.07, 6.45) is 0. The van der Waals surface area contributed by atoms with Gasteiger partial charge in [0, 0.05) is 14.1 Å². The lowest BCUT2D eigenvalue weighted by atomic mass is 10.1. The van der Waals surface area contributed by atoms with E-state index in [2.05, 4.69) is 5.32 Å². The molecule has 0 radical (unpaired) electrons. The van der Waals surface area contributed by atoms with Crippen molar-refractivity contribution in [2.24, 2.45) is 14.1 Å². The molecule has 0 unspecified atom stereocenters. The Morgan fingerprint density at radius 1 is 1.00 bits per heavy atom. The summed E-state index contributed by atoms with van der Waals surface area (Å²) in [5, 5.41) is 1.95. The van der Waals surface area contributed by atoms with Gasteiger partial charge in [0.05, 0.1) is 41.1 Å². The van der Waals surface area contributed by atoms with Gasteiger partial charge in [-0.05, 0) is 38.1 Å². The zero-order valence-electron chi connectivity index (χ0n) is 18.2. The van der Waals surface area contributed by atoms with Crippen molar-refractivity contribution in [3.05, 3.63) is 46.4 Å². The molecule has 0 atom stereocenters. The normalized spacial score (nSPS) is 11.7. The van der Waals surface area contributed by atoms with Crippen LogP contribution in [0, 0.1) is 0 Å². The number of methoxy groups -OCH3 is 2. The molecule has 1 amide bonds. The number of carbonyl (C=O) groups is 1. The number of carbonyl (C=O) groups excluding carboxylic acids is 1. The predicted octanol–water partition coefficient (Wildman–Crippen LogP) is 2.33. The van der Waals surface area contributed by atoms with Crippen molar-refractivity contribution in [2.75, 3.05) is 19.5 Å². The maximum absolute atomic E-state index is 13.2. The second-order valence-electron chi connectivity index (χ2n) is 7.32. The minimum absolute atomic E-state index is 0.0698. The molecule has 3 aromatic rings. The summed E-state index contributed by atoms with van der Waals surface area (Å²) in [6, 6.07) is 7.79. The monoisotopic (exact) mass is 447 g/mol. The molecule has 0 saturated carbocycles. The lowest BCUT2D eigenvalue weighted by Gasteiger charge is -2.17. The van der Waals surface area contributed by atoms with Gasteiger partial charge in [-0.3, -0.25) is 13.9 Å². The van der Waals surface area contributed by atoms with Crippen LogP contribution in [-0.2, 0) is 23.9 Å². The van der Waals surface area contributed by atoms with Crippen LogP contribution in [0.25, 0.3) is 11.0 Å². The third kappa shape index (κ3) is 3.67. The largest absolute Gasteiger partial charge is 0.496 e. The molecule has 0 fully saturated rings. The van der Waals surface area contributed by atoms with Gasteiger partial charge in [-0.25, -0.2) is 13.2 Å². The molecule has 0 saturated heterocycles. The summed E-state index contributed by atoms with van der Waals surface area (Å²) in [5.41, 5.74) is 0.817. The number of imidazole rings is 1. The predicted molar refractivity (Wildman–Crippen MR) is 118 cm³/mol. The molecule has 0 aliphatic rings. The second-order valence-corrected chi connectivity index (χ2v) is 9.80. The number of amides is 1. The minimum Gasteiger partial charge on any atom is -0.496 e. The highest BCUT2D eigenvalue weighted by Crippen LogP contribution is 2.33. The first-order valence-electron chi connectivity index (χ1n) is 9.50. The lowest BCUT2D eigenvalue weighted by molar-refractivity contribution is 0.102. The SMILES string of the molecule is COc1cccc(OC)c1C(=O)Nc1cc2c(cc1S(=O)(=O)C(C)C)n(C)c(=O)n2C. The third-order valence-electron chi connectivity index (χ3n) is 5.20. The lowest BCUT2D eigenvalue weighted by Crippen LogP contribution is -2.20. The Morgan fingerprint density at radius 2 is 1.52 bits per heavy atom. The molecular weight excluding hydrogens is 422 g/mol. The maximum atomic E-state index is 13.2.